The lowest BCUT2D eigenvalue weighted by Crippen LogP contribution is -2.54. The van der Waals surface area contributed by atoms with E-state index in [1.165, 1.54) is 0 Å². The number of carbonyl (C=O) groups is 2. The number of likely N-dealkylation sites (N-methyl/N-ethyl adjacent to an activating group) is 2. The Morgan fingerprint density at radius 2 is 1.73 bits per heavy atom. The molecule has 2 rings (SSSR count). The van der Waals surface area contributed by atoms with Crippen LogP contribution in [0.15, 0.2) is 54.3 Å². The maximum Gasteiger partial charge on any atom is 0.323 e. The molecule has 0 aliphatic heterocycles. The highest BCUT2D eigenvalue weighted by molar-refractivity contribution is 5.81. The summed E-state index contributed by atoms with van der Waals surface area (Å²) in [7, 11) is 7.86. The fourth-order valence-corrected chi connectivity index (χ4v) is 3.06. The molecule has 0 saturated carbocycles. The monoisotopic (exact) mass is 358 g/mol. The third-order valence-electron chi connectivity index (χ3n) is 4.49. The van der Waals surface area contributed by atoms with Gasteiger partial charge in [0.25, 0.3) is 0 Å². The minimum Gasteiger partial charge on any atom is -0.480 e. The van der Waals surface area contributed by atoms with Crippen molar-refractivity contribution in [2.75, 3.05) is 34.7 Å². The Kier molecular flexibility index (Phi) is 6.18. The number of rotatable bonds is 6. The molecule has 26 heavy (non-hydrogen) atoms. The van der Waals surface area contributed by atoms with Crippen LogP contribution in [0.5, 0.6) is 0 Å². The van der Waals surface area contributed by atoms with Crippen LogP contribution in [0, 0.1) is 0 Å². The number of aliphatic carboxylic acids is 1. The van der Waals surface area contributed by atoms with Gasteiger partial charge in [-0.15, -0.1) is 0 Å². The van der Waals surface area contributed by atoms with Crippen molar-refractivity contribution >= 4 is 12.0 Å². The van der Waals surface area contributed by atoms with Crippen LogP contribution in [0.2, 0.25) is 0 Å². The van der Waals surface area contributed by atoms with Gasteiger partial charge in [0.15, 0.2) is 0 Å². The lowest BCUT2D eigenvalue weighted by atomic mass is 9.86. The molecule has 7 heteroatoms. The van der Waals surface area contributed by atoms with Crippen LogP contribution in [-0.2, 0) is 4.79 Å². The summed E-state index contributed by atoms with van der Waals surface area (Å²) in [5.41, 5.74) is 1.24. The Labute approximate surface area is 154 Å². The summed E-state index contributed by atoms with van der Waals surface area (Å²) in [6.45, 7) is -0.433. The van der Waals surface area contributed by atoms with Crippen molar-refractivity contribution < 1.29 is 14.7 Å². The zero-order valence-electron chi connectivity index (χ0n) is 15.6. The van der Waals surface area contributed by atoms with Gasteiger partial charge in [0.05, 0.1) is 0 Å². The molecular formula is C19H26N4O3. The number of benzene rings is 1. The van der Waals surface area contributed by atoms with Crippen LogP contribution in [0.25, 0.3) is 0 Å². The van der Waals surface area contributed by atoms with Crippen LogP contribution >= 0.6 is 0 Å². The molecule has 0 radical (unpaired) electrons. The van der Waals surface area contributed by atoms with Crippen molar-refractivity contribution in [2.45, 2.75) is 11.6 Å². The highest BCUT2D eigenvalue weighted by Gasteiger charge is 2.35. The molecule has 7 nitrogen and oxygen atoms in total. The first kappa shape index (κ1) is 19.7. The summed E-state index contributed by atoms with van der Waals surface area (Å²) in [5, 5.41) is 13.9. The largest absolute Gasteiger partial charge is 0.480 e. The van der Waals surface area contributed by atoms with E-state index in [0.29, 0.717) is 5.70 Å². The van der Waals surface area contributed by atoms with Crippen molar-refractivity contribution in [1.82, 2.24) is 20.4 Å². The first-order chi connectivity index (χ1) is 12.3. The molecule has 140 valence electrons. The van der Waals surface area contributed by atoms with Gasteiger partial charge in [-0.25, -0.2) is 4.79 Å². The molecule has 1 aliphatic carbocycles. The van der Waals surface area contributed by atoms with E-state index in [2.05, 4.69) is 22.8 Å². The normalized spacial score (nSPS) is 18.5. The van der Waals surface area contributed by atoms with Gasteiger partial charge in [0.1, 0.15) is 12.2 Å². The number of carboxylic acid groups (broad SMARTS) is 1. The van der Waals surface area contributed by atoms with Gasteiger partial charge in [-0.1, -0.05) is 36.4 Å². The van der Waals surface area contributed by atoms with Gasteiger partial charge in [0.2, 0.25) is 0 Å². The number of hydrogen-bond donors (Lipinski definition) is 3. The zero-order valence-corrected chi connectivity index (χ0v) is 15.6. The Morgan fingerprint density at radius 1 is 1.12 bits per heavy atom. The lowest BCUT2D eigenvalue weighted by Gasteiger charge is -2.44. The van der Waals surface area contributed by atoms with Crippen LogP contribution in [0.4, 0.5) is 4.79 Å². The Bertz CT molecular complexity index is 703. The van der Waals surface area contributed by atoms with Crippen LogP contribution in [-0.4, -0.2) is 67.3 Å². The molecule has 0 bridgehead atoms. The topological polar surface area (TPSA) is 84.9 Å². The maximum atomic E-state index is 12.2. The summed E-state index contributed by atoms with van der Waals surface area (Å²) < 4.78 is 0. The number of hydrogen-bond acceptors (Lipinski definition) is 4. The molecule has 0 spiro atoms. The first-order valence-electron chi connectivity index (χ1n) is 8.35. The second-order valence-electron chi connectivity index (χ2n) is 6.62. The number of carboxylic acids is 1. The second-order valence-corrected chi connectivity index (χ2v) is 6.62. The average molecular weight is 358 g/mol. The van der Waals surface area contributed by atoms with Gasteiger partial charge in [-0.2, -0.15) is 0 Å². The van der Waals surface area contributed by atoms with Gasteiger partial charge in [-0.3, -0.25) is 14.6 Å². The summed E-state index contributed by atoms with van der Waals surface area (Å²) in [4.78, 5) is 26.9. The average Bonchev–Trinajstić information content (AvgIpc) is 2.60. The predicted molar refractivity (Wildman–Crippen MR) is 101 cm³/mol. The van der Waals surface area contributed by atoms with Crippen molar-refractivity contribution in [3.8, 4) is 0 Å². The summed E-state index contributed by atoms with van der Waals surface area (Å²) in [6, 6.07) is 9.30. The van der Waals surface area contributed by atoms with Crippen molar-refractivity contribution in [1.29, 1.82) is 0 Å². The van der Waals surface area contributed by atoms with E-state index in [1.54, 1.807) is 0 Å². The standard InChI is InChI=1S/C19H26N4O3/c1-22(2)19(23(3)4)11-10-15(14-8-6-5-7-9-14)16(12-19)21-18(26)20-13-17(24)25/h5-12,15H,13H2,1-4H3,(H,24,25)(H2,20,21,26). The highest BCUT2D eigenvalue weighted by Crippen LogP contribution is 2.34. The second kappa shape index (κ2) is 8.16. The van der Waals surface area contributed by atoms with E-state index in [0.717, 1.165) is 5.56 Å². The number of allylic oxidation sites excluding steroid dienone is 1. The summed E-state index contributed by atoms with van der Waals surface area (Å²) in [6.07, 6.45) is 6.15. The lowest BCUT2D eigenvalue weighted by molar-refractivity contribution is -0.135. The molecule has 0 aromatic heterocycles. The maximum absolute atomic E-state index is 12.2. The van der Waals surface area contributed by atoms with E-state index in [-0.39, 0.29) is 5.92 Å². The van der Waals surface area contributed by atoms with Gasteiger partial charge < -0.3 is 15.7 Å². The van der Waals surface area contributed by atoms with Crippen LogP contribution in [0.3, 0.4) is 0 Å². The third kappa shape index (κ3) is 4.30. The molecule has 3 N–H and O–H groups in total. The molecular weight excluding hydrogens is 332 g/mol. The highest BCUT2D eigenvalue weighted by atomic mass is 16.4. The summed E-state index contributed by atoms with van der Waals surface area (Å²) >= 11 is 0. The van der Waals surface area contributed by atoms with Gasteiger partial charge in [0, 0.05) is 11.6 Å². The molecule has 0 fully saturated rings. The van der Waals surface area contributed by atoms with E-state index in [9.17, 15) is 9.59 Å². The molecule has 1 unspecified atom stereocenters. The van der Waals surface area contributed by atoms with E-state index >= 15 is 0 Å². The Balaban J connectivity index is 2.37. The summed E-state index contributed by atoms with van der Waals surface area (Å²) in [5.74, 6) is -1.21. The van der Waals surface area contributed by atoms with E-state index in [1.807, 2.05) is 74.4 Å². The van der Waals surface area contributed by atoms with Gasteiger partial charge >= 0.3 is 12.0 Å². The van der Waals surface area contributed by atoms with Crippen molar-refractivity contribution in [2.24, 2.45) is 0 Å². The fourth-order valence-electron chi connectivity index (χ4n) is 3.06. The zero-order chi connectivity index (χ0) is 19.3. The molecule has 0 saturated heterocycles. The number of urea groups is 1. The SMILES string of the molecule is CN(C)C1(N(C)C)C=CC(c2ccccc2)C(NC(=O)NCC(=O)O)=C1. The fraction of sp³-hybridized carbons (Fsp3) is 0.368. The minimum absolute atomic E-state index is 0.125. The van der Waals surface area contributed by atoms with Crippen molar-refractivity contribution in [3.63, 3.8) is 0 Å². The molecule has 1 aromatic carbocycles. The van der Waals surface area contributed by atoms with E-state index < -0.39 is 24.2 Å². The van der Waals surface area contributed by atoms with Crippen LogP contribution < -0.4 is 10.6 Å². The first-order valence-corrected chi connectivity index (χ1v) is 8.35. The van der Waals surface area contributed by atoms with Crippen molar-refractivity contribution in [3.05, 3.63) is 59.8 Å². The Morgan fingerprint density at radius 3 is 2.27 bits per heavy atom. The molecule has 1 atom stereocenters. The molecule has 1 aliphatic rings. The smallest absolute Gasteiger partial charge is 0.323 e. The third-order valence-corrected chi connectivity index (χ3v) is 4.49. The number of nitrogens with one attached hydrogen (secondary N) is 2. The number of nitrogens with zero attached hydrogens (tertiary/aromatic N) is 2. The van der Waals surface area contributed by atoms with Crippen LogP contribution in [0.1, 0.15) is 11.5 Å². The molecule has 2 amide bonds. The van der Waals surface area contributed by atoms with E-state index in [4.69, 9.17) is 5.11 Å². The Hall–Kier alpha value is -2.64. The minimum atomic E-state index is -1.09. The predicted octanol–water partition coefficient (Wildman–Crippen LogP) is 1.43. The molecule has 0 heterocycles. The number of carbonyl (C=O) groups excluding carboxylic acids is 1. The molecule has 1 aromatic rings. The number of amides is 2. The van der Waals surface area contributed by atoms with Gasteiger partial charge in [-0.05, 0) is 45.9 Å². The quantitative estimate of drug-likeness (QED) is 0.529.